The molecule has 0 aromatic carbocycles. The summed E-state index contributed by atoms with van der Waals surface area (Å²) in [6, 6.07) is 0.178. The first kappa shape index (κ1) is 27.6. The summed E-state index contributed by atoms with van der Waals surface area (Å²) in [5, 5.41) is 25.3. The number of aliphatic hydroxyl groups excluding tert-OH is 2. The van der Waals surface area contributed by atoms with Crippen molar-refractivity contribution in [1.29, 1.82) is 0 Å². The Balaban J connectivity index is 1.85. The molecule has 196 valence electrons. The molecular weight excluding hydrogens is 448 g/mol. The van der Waals surface area contributed by atoms with Gasteiger partial charge >= 0.3 is 5.97 Å². The first-order chi connectivity index (χ1) is 16.2. The number of aromatic nitrogens is 1. The summed E-state index contributed by atoms with van der Waals surface area (Å²) in [5.74, 6) is -0.967. The molecule has 35 heavy (non-hydrogen) atoms. The van der Waals surface area contributed by atoms with Gasteiger partial charge in [0.05, 0.1) is 24.0 Å². The van der Waals surface area contributed by atoms with Crippen LogP contribution in [0.2, 0.25) is 0 Å². The number of hydrogen-bond acceptors (Lipinski definition) is 8. The lowest BCUT2D eigenvalue weighted by Gasteiger charge is -2.34. The molecule has 8 nitrogen and oxygen atoms in total. The summed E-state index contributed by atoms with van der Waals surface area (Å²) < 4.78 is 11.2. The Bertz CT molecular complexity index is 953. The number of cyclic esters (lactones) is 1. The van der Waals surface area contributed by atoms with Crippen molar-refractivity contribution in [2.45, 2.75) is 110 Å². The van der Waals surface area contributed by atoms with Crippen LogP contribution in [0.5, 0.6) is 0 Å². The summed E-state index contributed by atoms with van der Waals surface area (Å²) in [4.78, 5) is 30.5. The fraction of sp³-hybridized carbons (Fsp3) is 0.741. The second-order valence-electron chi connectivity index (χ2n) is 11.5. The quantitative estimate of drug-likeness (QED) is 0.423. The van der Waals surface area contributed by atoms with Crippen LogP contribution in [0.4, 0.5) is 0 Å². The second kappa shape index (κ2) is 10.5. The lowest BCUT2D eigenvalue weighted by molar-refractivity contribution is -0.154. The fourth-order valence-electron chi connectivity index (χ4n) is 5.22. The van der Waals surface area contributed by atoms with Gasteiger partial charge in [-0.3, -0.25) is 9.59 Å². The Morgan fingerprint density at radius 3 is 2.54 bits per heavy atom. The number of fused-ring (bicyclic) bond motifs is 1. The summed E-state index contributed by atoms with van der Waals surface area (Å²) in [5.41, 5.74) is 0.216. The van der Waals surface area contributed by atoms with Gasteiger partial charge in [-0.15, -0.1) is 0 Å². The smallest absolute Gasteiger partial charge is 0.309 e. The van der Waals surface area contributed by atoms with E-state index in [2.05, 4.69) is 17.2 Å². The maximum Gasteiger partial charge on any atom is 0.309 e. The minimum atomic E-state index is -1.23. The number of aryl methyl sites for hydroxylation is 1. The third-order valence-electron chi connectivity index (χ3n) is 8.13. The highest BCUT2D eigenvalue weighted by Gasteiger charge is 2.50. The van der Waals surface area contributed by atoms with Crippen LogP contribution in [-0.4, -0.2) is 56.8 Å². The number of ketones is 1. The molecule has 1 aromatic rings. The van der Waals surface area contributed by atoms with Crippen LogP contribution < -0.4 is 5.32 Å². The molecule has 0 aliphatic carbocycles. The van der Waals surface area contributed by atoms with Crippen molar-refractivity contribution < 1.29 is 29.0 Å². The fourth-order valence-corrected chi connectivity index (χ4v) is 5.22. The van der Waals surface area contributed by atoms with Crippen molar-refractivity contribution in [1.82, 2.24) is 10.3 Å². The van der Waals surface area contributed by atoms with E-state index < -0.39 is 35.6 Å². The zero-order valence-electron chi connectivity index (χ0n) is 22.1. The average Bonchev–Trinajstić information content (AvgIpc) is 3.22. The molecule has 0 bridgehead atoms. The predicted molar refractivity (Wildman–Crippen MR) is 132 cm³/mol. The van der Waals surface area contributed by atoms with Crippen molar-refractivity contribution in [2.75, 3.05) is 0 Å². The lowest BCUT2D eigenvalue weighted by Crippen LogP contribution is -2.45. The predicted octanol–water partition coefficient (Wildman–Crippen LogP) is 3.58. The van der Waals surface area contributed by atoms with Crippen LogP contribution in [0.1, 0.15) is 85.2 Å². The second-order valence-corrected chi connectivity index (χ2v) is 11.5. The highest BCUT2D eigenvalue weighted by atomic mass is 16.5. The van der Waals surface area contributed by atoms with E-state index in [0.29, 0.717) is 18.0 Å². The van der Waals surface area contributed by atoms with Crippen molar-refractivity contribution in [3.05, 3.63) is 23.4 Å². The van der Waals surface area contributed by atoms with Gasteiger partial charge in [-0.05, 0) is 44.3 Å². The molecule has 1 aromatic heterocycles. The number of carbonyl (C=O) groups is 2. The standard InChI is InChI=1S/C27H42N2O6/c1-15-9-8-10-27(7)21(29-27)12-20(16(2)11-19-14-34-18(4)28-19)35-23(31)13-22(30)26(5,6)25(33)17(3)24(15)32/h11,14-15,17,20-22,24,29-30,32H,8-10,12-13H2,1-7H3/b16-11+/t15-,17+,20-,21-,22-,24-,27+/m0/s1. The van der Waals surface area contributed by atoms with Gasteiger partial charge in [0.25, 0.3) is 0 Å². The van der Waals surface area contributed by atoms with Gasteiger partial charge in [0, 0.05) is 30.8 Å². The number of esters is 1. The van der Waals surface area contributed by atoms with Crippen molar-refractivity contribution >= 4 is 17.8 Å². The SMILES string of the molecule is C/C(=C\c1coc(C)n1)[C@@H]1C[C@@H]2N[C@]2(C)CCC[C@H](C)[C@H](O)[C@@H](C)C(=O)C(C)(C)[C@@H](O)CC(=O)O1. The van der Waals surface area contributed by atoms with Crippen molar-refractivity contribution in [3.8, 4) is 0 Å². The Morgan fingerprint density at radius 2 is 1.91 bits per heavy atom. The van der Waals surface area contributed by atoms with Gasteiger partial charge in [0.2, 0.25) is 0 Å². The number of nitrogens with zero attached hydrogens (tertiary/aromatic N) is 1. The lowest BCUT2D eigenvalue weighted by atomic mass is 9.73. The van der Waals surface area contributed by atoms with Gasteiger partial charge in [-0.1, -0.05) is 34.1 Å². The number of aliphatic hydroxyl groups is 2. The monoisotopic (exact) mass is 490 g/mol. The van der Waals surface area contributed by atoms with Gasteiger partial charge in [-0.2, -0.15) is 0 Å². The third-order valence-corrected chi connectivity index (χ3v) is 8.13. The molecule has 0 spiro atoms. The molecule has 2 aliphatic rings. The number of hydrogen-bond donors (Lipinski definition) is 3. The summed E-state index contributed by atoms with van der Waals surface area (Å²) in [7, 11) is 0. The van der Waals surface area contributed by atoms with E-state index in [1.807, 2.05) is 19.9 Å². The first-order valence-electron chi connectivity index (χ1n) is 12.7. The summed E-state index contributed by atoms with van der Waals surface area (Å²) in [6.45, 7) is 12.7. The summed E-state index contributed by atoms with van der Waals surface area (Å²) in [6.07, 6.45) is 3.79. The molecule has 0 unspecified atom stereocenters. The molecule has 3 heterocycles. The number of Topliss-reactive ketones (excluding diaryl/α,β-unsaturated/α-hetero) is 1. The zero-order valence-corrected chi connectivity index (χ0v) is 22.1. The minimum Gasteiger partial charge on any atom is -0.458 e. The van der Waals surface area contributed by atoms with Crippen molar-refractivity contribution in [3.63, 3.8) is 0 Å². The molecule has 0 amide bonds. The number of carbonyl (C=O) groups excluding carboxylic acids is 2. The molecule has 7 atom stereocenters. The number of oxazole rings is 1. The highest BCUT2D eigenvalue weighted by Crippen LogP contribution is 2.38. The molecule has 0 saturated carbocycles. The van der Waals surface area contributed by atoms with Gasteiger partial charge in [0.15, 0.2) is 5.89 Å². The van der Waals surface area contributed by atoms with Gasteiger partial charge < -0.3 is 24.7 Å². The third kappa shape index (κ3) is 6.40. The molecule has 0 radical (unpaired) electrons. The van der Waals surface area contributed by atoms with Gasteiger partial charge in [-0.25, -0.2) is 4.98 Å². The number of nitrogens with one attached hydrogen (secondary N) is 1. The average molecular weight is 491 g/mol. The Labute approximate surface area is 208 Å². The van der Waals surface area contributed by atoms with E-state index in [4.69, 9.17) is 9.15 Å². The van der Waals surface area contributed by atoms with Crippen molar-refractivity contribution in [2.24, 2.45) is 17.3 Å². The zero-order chi connectivity index (χ0) is 26.1. The van der Waals surface area contributed by atoms with E-state index >= 15 is 0 Å². The molecule has 3 rings (SSSR count). The first-order valence-corrected chi connectivity index (χ1v) is 12.7. The van der Waals surface area contributed by atoms with Crippen LogP contribution in [0, 0.1) is 24.2 Å². The Kier molecular flexibility index (Phi) is 8.29. The number of rotatable bonds is 2. The maximum atomic E-state index is 13.2. The van der Waals surface area contributed by atoms with E-state index in [1.165, 1.54) is 0 Å². The van der Waals surface area contributed by atoms with Crippen LogP contribution in [0.15, 0.2) is 16.3 Å². The molecule has 2 saturated heterocycles. The Morgan fingerprint density at radius 1 is 1.23 bits per heavy atom. The molecular formula is C27H42N2O6. The van der Waals surface area contributed by atoms with Crippen LogP contribution >= 0.6 is 0 Å². The Hall–Kier alpha value is -2.03. The molecule has 2 aliphatic heterocycles. The molecule has 8 heteroatoms. The normalized spacial score (nSPS) is 37.5. The van der Waals surface area contributed by atoms with E-state index in [1.54, 1.807) is 34.0 Å². The minimum absolute atomic E-state index is 0.0515. The van der Waals surface area contributed by atoms with Crippen LogP contribution in [0.25, 0.3) is 6.08 Å². The van der Waals surface area contributed by atoms with E-state index in [-0.39, 0.29) is 29.7 Å². The van der Waals surface area contributed by atoms with Crippen LogP contribution in [0.3, 0.4) is 0 Å². The molecule has 3 N–H and O–H groups in total. The topological polar surface area (TPSA) is 132 Å². The number of ether oxygens (including phenoxy) is 1. The van der Waals surface area contributed by atoms with E-state index in [9.17, 15) is 19.8 Å². The maximum absolute atomic E-state index is 13.2. The van der Waals surface area contributed by atoms with Gasteiger partial charge in [0.1, 0.15) is 23.8 Å². The molecule has 2 fully saturated rings. The highest BCUT2D eigenvalue weighted by molar-refractivity contribution is 5.88. The van der Waals surface area contributed by atoms with E-state index in [0.717, 1.165) is 24.8 Å². The largest absolute Gasteiger partial charge is 0.458 e. The summed E-state index contributed by atoms with van der Waals surface area (Å²) >= 11 is 0. The van der Waals surface area contributed by atoms with Crippen LogP contribution in [-0.2, 0) is 14.3 Å².